The molecule has 0 spiro atoms. The zero-order valence-electron chi connectivity index (χ0n) is 12.3. The molecule has 2 N–H and O–H groups in total. The van der Waals surface area contributed by atoms with Gasteiger partial charge in [-0.3, -0.25) is 0 Å². The summed E-state index contributed by atoms with van der Waals surface area (Å²) in [6, 6.07) is 5.50. The Morgan fingerprint density at radius 1 is 1.10 bits per heavy atom. The molecule has 1 saturated carbocycles. The van der Waals surface area contributed by atoms with Gasteiger partial charge in [0.25, 0.3) is 0 Å². The monoisotopic (exact) mass is 299 g/mol. The van der Waals surface area contributed by atoms with Crippen LogP contribution in [0.1, 0.15) is 56.1 Å². The van der Waals surface area contributed by atoms with Gasteiger partial charge in [0.05, 0.1) is 5.56 Å². The van der Waals surface area contributed by atoms with Crippen LogP contribution >= 0.6 is 0 Å². The predicted octanol–water partition coefficient (Wildman–Crippen LogP) is 4.94. The van der Waals surface area contributed by atoms with E-state index < -0.39 is 11.7 Å². The second kappa shape index (κ2) is 7.30. The molecule has 0 amide bonds. The second-order valence-corrected chi connectivity index (χ2v) is 6.26. The number of alkyl halides is 3. The highest BCUT2D eigenvalue weighted by atomic mass is 19.4. The quantitative estimate of drug-likeness (QED) is 0.783. The minimum Gasteiger partial charge on any atom is -0.327 e. The first kappa shape index (κ1) is 16.3. The summed E-state index contributed by atoms with van der Waals surface area (Å²) >= 11 is 0. The molecular formula is C17H24F3N. The molecule has 1 aromatic carbocycles. The van der Waals surface area contributed by atoms with Crippen molar-refractivity contribution in [1.82, 2.24) is 0 Å². The van der Waals surface area contributed by atoms with Crippen LogP contribution in [0.3, 0.4) is 0 Å². The molecule has 0 radical (unpaired) electrons. The Balaban J connectivity index is 1.91. The van der Waals surface area contributed by atoms with E-state index in [4.69, 9.17) is 5.73 Å². The topological polar surface area (TPSA) is 26.0 Å². The Labute approximate surface area is 124 Å². The van der Waals surface area contributed by atoms with Crippen LogP contribution in [0.4, 0.5) is 13.2 Å². The van der Waals surface area contributed by atoms with Crippen molar-refractivity contribution in [2.75, 3.05) is 0 Å². The van der Waals surface area contributed by atoms with E-state index >= 15 is 0 Å². The summed E-state index contributed by atoms with van der Waals surface area (Å²) in [7, 11) is 0. The Morgan fingerprint density at radius 3 is 2.38 bits per heavy atom. The summed E-state index contributed by atoms with van der Waals surface area (Å²) in [5, 5.41) is 0. The van der Waals surface area contributed by atoms with Crippen molar-refractivity contribution in [3.05, 3.63) is 35.4 Å². The van der Waals surface area contributed by atoms with Gasteiger partial charge in [-0.05, 0) is 30.4 Å². The molecule has 1 aromatic rings. The summed E-state index contributed by atoms with van der Waals surface area (Å²) in [5.74, 6) is 0.647. The molecule has 21 heavy (non-hydrogen) atoms. The third-order valence-electron chi connectivity index (χ3n) is 4.36. The highest BCUT2D eigenvalue weighted by Crippen LogP contribution is 2.30. The van der Waals surface area contributed by atoms with Gasteiger partial charge in [-0.15, -0.1) is 0 Å². The van der Waals surface area contributed by atoms with Crippen LogP contribution in [-0.4, -0.2) is 6.04 Å². The van der Waals surface area contributed by atoms with Gasteiger partial charge in [-0.1, -0.05) is 56.7 Å². The third kappa shape index (κ3) is 5.34. The Kier molecular flexibility index (Phi) is 5.68. The minimum absolute atomic E-state index is 0.0448. The molecule has 0 bridgehead atoms. The molecule has 1 unspecified atom stereocenters. The zero-order valence-corrected chi connectivity index (χ0v) is 12.3. The molecule has 1 aliphatic rings. The van der Waals surface area contributed by atoms with E-state index in [1.54, 1.807) is 6.07 Å². The van der Waals surface area contributed by atoms with Gasteiger partial charge in [0, 0.05) is 6.04 Å². The van der Waals surface area contributed by atoms with Crippen molar-refractivity contribution in [2.45, 2.75) is 63.6 Å². The maximum absolute atomic E-state index is 12.7. The minimum atomic E-state index is -4.28. The first-order valence-corrected chi connectivity index (χ1v) is 7.87. The van der Waals surface area contributed by atoms with E-state index in [9.17, 15) is 13.2 Å². The molecule has 1 fully saturated rings. The molecule has 1 atom stereocenters. The van der Waals surface area contributed by atoms with Crippen LogP contribution in [-0.2, 0) is 12.6 Å². The highest BCUT2D eigenvalue weighted by Gasteiger charge is 2.30. The standard InChI is InChI=1S/C17H24F3N/c18-17(19,20)15-9-5-8-14(10-15)12-16(21)11-13-6-3-1-2-4-7-13/h5,8-10,13,16H,1-4,6-7,11-12,21H2. The molecule has 0 heterocycles. The summed E-state index contributed by atoms with van der Waals surface area (Å²) in [5.41, 5.74) is 6.27. The maximum Gasteiger partial charge on any atom is 0.416 e. The van der Waals surface area contributed by atoms with Gasteiger partial charge in [-0.2, -0.15) is 13.2 Å². The Bertz CT molecular complexity index is 434. The molecule has 1 nitrogen and oxygen atoms in total. The predicted molar refractivity (Wildman–Crippen MR) is 78.9 cm³/mol. The maximum atomic E-state index is 12.7. The first-order chi connectivity index (χ1) is 9.95. The molecule has 0 aromatic heterocycles. The van der Waals surface area contributed by atoms with Gasteiger partial charge in [0.15, 0.2) is 0 Å². The van der Waals surface area contributed by atoms with E-state index in [0.717, 1.165) is 12.5 Å². The summed E-state index contributed by atoms with van der Waals surface area (Å²) in [6.07, 6.45) is 4.76. The average molecular weight is 299 g/mol. The van der Waals surface area contributed by atoms with Gasteiger partial charge >= 0.3 is 6.18 Å². The zero-order chi connectivity index (χ0) is 15.3. The van der Waals surface area contributed by atoms with E-state index in [0.29, 0.717) is 17.9 Å². The SMILES string of the molecule is NC(Cc1cccc(C(F)(F)F)c1)CC1CCCCCC1. The third-order valence-corrected chi connectivity index (χ3v) is 4.36. The first-order valence-electron chi connectivity index (χ1n) is 7.87. The lowest BCUT2D eigenvalue weighted by molar-refractivity contribution is -0.137. The van der Waals surface area contributed by atoms with Crippen molar-refractivity contribution >= 4 is 0 Å². The van der Waals surface area contributed by atoms with Gasteiger partial charge in [-0.25, -0.2) is 0 Å². The molecule has 0 saturated heterocycles. The van der Waals surface area contributed by atoms with Crippen LogP contribution in [0, 0.1) is 5.92 Å². The fraction of sp³-hybridized carbons (Fsp3) is 0.647. The molecule has 1 aliphatic carbocycles. The van der Waals surface area contributed by atoms with Crippen LogP contribution < -0.4 is 5.73 Å². The van der Waals surface area contributed by atoms with Crippen molar-refractivity contribution in [1.29, 1.82) is 0 Å². The van der Waals surface area contributed by atoms with Crippen molar-refractivity contribution in [3.63, 3.8) is 0 Å². The van der Waals surface area contributed by atoms with Gasteiger partial charge in [0.2, 0.25) is 0 Å². The number of nitrogens with two attached hydrogens (primary N) is 1. The lowest BCUT2D eigenvalue weighted by Gasteiger charge is -2.19. The van der Waals surface area contributed by atoms with Crippen molar-refractivity contribution < 1.29 is 13.2 Å². The number of rotatable bonds is 4. The summed E-state index contributed by atoms with van der Waals surface area (Å²) in [6.45, 7) is 0. The Hall–Kier alpha value is -1.03. The fourth-order valence-electron chi connectivity index (χ4n) is 3.29. The van der Waals surface area contributed by atoms with Crippen molar-refractivity contribution in [2.24, 2.45) is 11.7 Å². The van der Waals surface area contributed by atoms with Crippen molar-refractivity contribution in [3.8, 4) is 0 Å². The normalized spacial score (nSPS) is 19.2. The van der Waals surface area contributed by atoms with Crippen LogP contribution in [0.5, 0.6) is 0 Å². The lowest BCUT2D eigenvalue weighted by atomic mass is 9.90. The molecule has 118 valence electrons. The number of hydrogen-bond acceptors (Lipinski definition) is 1. The van der Waals surface area contributed by atoms with Gasteiger partial charge < -0.3 is 5.73 Å². The Morgan fingerprint density at radius 2 is 1.76 bits per heavy atom. The second-order valence-electron chi connectivity index (χ2n) is 6.26. The van der Waals surface area contributed by atoms with Gasteiger partial charge in [0.1, 0.15) is 0 Å². The van der Waals surface area contributed by atoms with Crippen LogP contribution in [0.25, 0.3) is 0 Å². The van der Waals surface area contributed by atoms with E-state index in [-0.39, 0.29) is 6.04 Å². The smallest absolute Gasteiger partial charge is 0.327 e. The fourth-order valence-corrected chi connectivity index (χ4v) is 3.29. The highest BCUT2D eigenvalue weighted by molar-refractivity contribution is 5.26. The van der Waals surface area contributed by atoms with E-state index in [2.05, 4.69) is 0 Å². The molecular weight excluding hydrogens is 275 g/mol. The van der Waals surface area contributed by atoms with Crippen LogP contribution in [0.15, 0.2) is 24.3 Å². The van der Waals surface area contributed by atoms with E-state index in [1.165, 1.54) is 50.7 Å². The lowest BCUT2D eigenvalue weighted by Crippen LogP contribution is -2.26. The summed E-state index contributed by atoms with van der Waals surface area (Å²) in [4.78, 5) is 0. The average Bonchev–Trinajstić information content (AvgIpc) is 2.66. The van der Waals surface area contributed by atoms with E-state index in [1.807, 2.05) is 0 Å². The molecule has 2 rings (SSSR count). The number of halogens is 3. The molecule has 0 aliphatic heterocycles. The number of benzene rings is 1. The molecule has 4 heteroatoms. The largest absolute Gasteiger partial charge is 0.416 e. The van der Waals surface area contributed by atoms with Crippen LogP contribution in [0.2, 0.25) is 0 Å². The summed E-state index contributed by atoms with van der Waals surface area (Å²) < 4.78 is 38.1. The number of hydrogen-bond donors (Lipinski definition) is 1.